The quantitative estimate of drug-likeness (QED) is 0.746. The number of nitrogens with one attached hydrogen (secondary N) is 2. The molecule has 132 valence electrons. The number of hydrogen-bond donors (Lipinski definition) is 2. The van der Waals surface area contributed by atoms with Crippen molar-refractivity contribution < 1.29 is 23.2 Å². The molecule has 1 aromatic heterocycles. The summed E-state index contributed by atoms with van der Waals surface area (Å²) in [7, 11) is 0. The lowest BCUT2D eigenvalue weighted by Gasteiger charge is -2.09. The molecule has 0 aliphatic carbocycles. The Balaban J connectivity index is 1.65. The van der Waals surface area contributed by atoms with Gasteiger partial charge in [0.05, 0.1) is 11.2 Å². The summed E-state index contributed by atoms with van der Waals surface area (Å²) in [6, 6.07) is 5.31. The van der Waals surface area contributed by atoms with Crippen molar-refractivity contribution >= 4 is 23.4 Å². The van der Waals surface area contributed by atoms with E-state index in [9.17, 15) is 14.0 Å². The average Bonchev–Trinajstić information content (AvgIpc) is 3.10. The molecule has 1 aromatic carbocycles. The first kappa shape index (κ1) is 18.5. The van der Waals surface area contributed by atoms with E-state index in [1.165, 1.54) is 24.4 Å². The summed E-state index contributed by atoms with van der Waals surface area (Å²) in [5.74, 6) is -1.24. The molecule has 0 atom stereocenters. The standard InChI is InChI=1S/C16H15ClFN3O4/c1-10(21-16(23)14-5-7-20-25-14)4-6-19-15(22)9-24-11-2-3-12(17)13(18)8-11/h2-3,5,7-8H,1,4,6,9H2,(H,19,22)(H,21,23). The van der Waals surface area contributed by atoms with E-state index in [-0.39, 0.29) is 29.7 Å². The first-order chi connectivity index (χ1) is 12.0. The van der Waals surface area contributed by atoms with Crippen molar-refractivity contribution in [3.63, 3.8) is 0 Å². The van der Waals surface area contributed by atoms with Gasteiger partial charge in [0.15, 0.2) is 6.61 Å². The monoisotopic (exact) mass is 367 g/mol. The molecule has 9 heteroatoms. The predicted octanol–water partition coefficient (Wildman–Crippen LogP) is 2.30. The first-order valence-electron chi connectivity index (χ1n) is 7.20. The lowest BCUT2D eigenvalue weighted by molar-refractivity contribution is -0.123. The highest BCUT2D eigenvalue weighted by Crippen LogP contribution is 2.20. The van der Waals surface area contributed by atoms with Gasteiger partial charge in [0.25, 0.3) is 11.8 Å². The van der Waals surface area contributed by atoms with Crippen LogP contribution >= 0.6 is 11.6 Å². The molecule has 2 aromatic rings. The van der Waals surface area contributed by atoms with Crippen molar-refractivity contribution in [1.29, 1.82) is 0 Å². The number of benzene rings is 1. The molecule has 2 N–H and O–H groups in total. The largest absolute Gasteiger partial charge is 0.484 e. The van der Waals surface area contributed by atoms with Gasteiger partial charge in [-0.3, -0.25) is 9.59 Å². The maximum absolute atomic E-state index is 13.2. The summed E-state index contributed by atoms with van der Waals surface area (Å²) in [5, 5.41) is 8.51. The minimum Gasteiger partial charge on any atom is -0.484 e. The zero-order valence-electron chi connectivity index (χ0n) is 13.1. The van der Waals surface area contributed by atoms with Gasteiger partial charge in [0.2, 0.25) is 5.76 Å². The third-order valence-corrected chi connectivity index (χ3v) is 3.27. The van der Waals surface area contributed by atoms with Crippen LogP contribution in [0.1, 0.15) is 17.0 Å². The summed E-state index contributed by atoms with van der Waals surface area (Å²) >= 11 is 5.55. The molecule has 1 heterocycles. The van der Waals surface area contributed by atoms with Crippen LogP contribution in [0.5, 0.6) is 5.75 Å². The van der Waals surface area contributed by atoms with Gasteiger partial charge in [-0.2, -0.15) is 0 Å². The second-order valence-corrected chi connectivity index (χ2v) is 5.31. The summed E-state index contributed by atoms with van der Waals surface area (Å²) < 4.78 is 23.1. The maximum atomic E-state index is 13.2. The van der Waals surface area contributed by atoms with E-state index in [2.05, 4.69) is 22.4 Å². The molecule has 0 spiro atoms. The van der Waals surface area contributed by atoms with Crippen LogP contribution in [0, 0.1) is 5.82 Å². The van der Waals surface area contributed by atoms with Crippen LogP contribution in [-0.2, 0) is 4.79 Å². The number of carbonyl (C=O) groups is 2. The Hall–Kier alpha value is -2.87. The number of rotatable bonds is 8. The van der Waals surface area contributed by atoms with E-state index >= 15 is 0 Å². The zero-order chi connectivity index (χ0) is 18.2. The molecule has 0 fully saturated rings. The van der Waals surface area contributed by atoms with Crippen LogP contribution < -0.4 is 15.4 Å². The van der Waals surface area contributed by atoms with Crippen LogP contribution in [0.4, 0.5) is 4.39 Å². The smallest absolute Gasteiger partial charge is 0.293 e. The topological polar surface area (TPSA) is 93.5 Å². The zero-order valence-corrected chi connectivity index (χ0v) is 13.8. The van der Waals surface area contributed by atoms with Crippen LogP contribution in [0.3, 0.4) is 0 Å². The molecule has 7 nitrogen and oxygen atoms in total. The Morgan fingerprint density at radius 1 is 1.36 bits per heavy atom. The lowest BCUT2D eigenvalue weighted by atomic mass is 10.3. The second-order valence-electron chi connectivity index (χ2n) is 4.90. The molecule has 0 aliphatic heterocycles. The number of ether oxygens (including phenoxy) is 1. The molecule has 0 saturated heterocycles. The van der Waals surface area contributed by atoms with Crippen molar-refractivity contribution in [3.8, 4) is 5.75 Å². The van der Waals surface area contributed by atoms with Crippen LogP contribution in [0.2, 0.25) is 5.02 Å². The molecule has 2 rings (SSSR count). The normalized spacial score (nSPS) is 10.2. The van der Waals surface area contributed by atoms with Crippen LogP contribution in [-0.4, -0.2) is 30.1 Å². The molecular weight excluding hydrogens is 353 g/mol. The highest BCUT2D eigenvalue weighted by molar-refractivity contribution is 6.30. The molecule has 0 aliphatic rings. The van der Waals surface area contributed by atoms with Gasteiger partial charge in [-0.25, -0.2) is 4.39 Å². The Morgan fingerprint density at radius 2 is 2.16 bits per heavy atom. The molecule has 25 heavy (non-hydrogen) atoms. The minimum atomic E-state index is -0.627. The van der Waals surface area contributed by atoms with Gasteiger partial charge in [0.1, 0.15) is 11.6 Å². The van der Waals surface area contributed by atoms with Gasteiger partial charge in [-0.05, 0) is 12.1 Å². The van der Waals surface area contributed by atoms with E-state index in [0.717, 1.165) is 6.07 Å². The Morgan fingerprint density at radius 3 is 2.84 bits per heavy atom. The van der Waals surface area contributed by atoms with Crippen molar-refractivity contribution in [1.82, 2.24) is 15.8 Å². The molecule has 0 bridgehead atoms. The summed E-state index contributed by atoms with van der Waals surface area (Å²) in [6.45, 7) is 3.65. The van der Waals surface area contributed by atoms with Crippen molar-refractivity contribution in [2.75, 3.05) is 13.2 Å². The number of amides is 2. The van der Waals surface area contributed by atoms with E-state index in [1.807, 2.05) is 0 Å². The Labute approximate surface area is 147 Å². The van der Waals surface area contributed by atoms with Gasteiger partial charge >= 0.3 is 0 Å². The maximum Gasteiger partial charge on any atom is 0.293 e. The van der Waals surface area contributed by atoms with E-state index in [1.54, 1.807) is 0 Å². The van der Waals surface area contributed by atoms with Crippen molar-refractivity contribution in [2.45, 2.75) is 6.42 Å². The number of halogens is 2. The highest BCUT2D eigenvalue weighted by Gasteiger charge is 2.11. The van der Waals surface area contributed by atoms with Gasteiger partial charge in [-0.15, -0.1) is 0 Å². The number of aromatic nitrogens is 1. The van der Waals surface area contributed by atoms with E-state index in [0.29, 0.717) is 12.1 Å². The number of carbonyl (C=O) groups excluding carboxylic acids is 2. The molecule has 0 unspecified atom stereocenters. The van der Waals surface area contributed by atoms with E-state index < -0.39 is 17.6 Å². The van der Waals surface area contributed by atoms with Crippen LogP contribution in [0.25, 0.3) is 0 Å². The lowest BCUT2D eigenvalue weighted by Crippen LogP contribution is -2.31. The first-order valence-corrected chi connectivity index (χ1v) is 7.58. The SMILES string of the molecule is C=C(CCNC(=O)COc1ccc(Cl)c(F)c1)NC(=O)c1ccno1. The number of hydrogen-bond acceptors (Lipinski definition) is 5. The van der Waals surface area contributed by atoms with Gasteiger partial charge in [0, 0.05) is 30.8 Å². The molecular formula is C16H15ClFN3O4. The van der Waals surface area contributed by atoms with Crippen molar-refractivity contribution in [3.05, 3.63) is 59.3 Å². The van der Waals surface area contributed by atoms with Gasteiger partial charge < -0.3 is 19.9 Å². The predicted molar refractivity (Wildman–Crippen MR) is 87.6 cm³/mol. The third kappa shape index (κ3) is 5.92. The highest BCUT2D eigenvalue weighted by atomic mass is 35.5. The second kappa shape index (κ2) is 8.84. The fourth-order valence-electron chi connectivity index (χ4n) is 1.74. The third-order valence-electron chi connectivity index (χ3n) is 2.96. The molecule has 0 saturated carbocycles. The van der Waals surface area contributed by atoms with Gasteiger partial charge in [-0.1, -0.05) is 23.3 Å². The van der Waals surface area contributed by atoms with Crippen molar-refractivity contribution in [2.24, 2.45) is 0 Å². The fourth-order valence-corrected chi connectivity index (χ4v) is 1.85. The summed E-state index contributed by atoms with van der Waals surface area (Å²) in [6.07, 6.45) is 1.67. The molecule has 2 amide bonds. The Kier molecular flexibility index (Phi) is 6.53. The average molecular weight is 368 g/mol. The summed E-state index contributed by atoms with van der Waals surface area (Å²) in [5.41, 5.74) is 0.405. The number of nitrogens with zero attached hydrogens (tertiary/aromatic N) is 1. The minimum absolute atomic E-state index is 0.0253. The molecule has 0 radical (unpaired) electrons. The van der Waals surface area contributed by atoms with E-state index in [4.69, 9.17) is 20.9 Å². The van der Waals surface area contributed by atoms with Crippen LogP contribution in [0.15, 0.2) is 47.3 Å². The Bertz CT molecular complexity index is 765. The fraction of sp³-hybridized carbons (Fsp3) is 0.188. The summed E-state index contributed by atoms with van der Waals surface area (Å²) in [4.78, 5) is 23.3.